The Kier molecular flexibility index (Phi) is 5.42. The van der Waals surface area contributed by atoms with Gasteiger partial charge in [0.25, 0.3) is 0 Å². The summed E-state index contributed by atoms with van der Waals surface area (Å²) in [4.78, 5) is 0. The summed E-state index contributed by atoms with van der Waals surface area (Å²) in [6.07, 6.45) is -0.766. The fraction of sp³-hybridized carbons (Fsp3) is 0.846. The fourth-order valence-electron chi connectivity index (χ4n) is 1.13. The highest BCUT2D eigenvalue weighted by Crippen LogP contribution is 2.38. The molecule has 0 aromatic carbocycles. The summed E-state index contributed by atoms with van der Waals surface area (Å²) < 4.78 is 6.20. The van der Waals surface area contributed by atoms with Crippen LogP contribution in [0.3, 0.4) is 0 Å². The van der Waals surface area contributed by atoms with Gasteiger partial charge in [0.1, 0.15) is 11.7 Å². The van der Waals surface area contributed by atoms with E-state index in [-0.39, 0.29) is 11.6 Å². The van der Waals surface area contributed by atoms with Gasteiger partial charge in [-0.25, -0.2) is 0 Å². The smallest absolute Gasteiger partial charge is 0.194 e. The molecule has 1 unspecified atom stereocenters. The van der Waals surface area contributed by atoms with Gasteiger partial charge in [-0.3, -0.25) is 0 Å². The van der Waals surface area contributed by atoms with E-state index in [0.717, 1.165) is 0 Å². The zero-order chi connectivity index (χ0) is 13.9. The highest BCUT2D eigenvalue weighted by molar-refractivity contribution is 6.74. The number of aliphatic hydroxyl groups excluding tert-OH is 1. The van der Waals surface area contributed by atoms with Gasteiger partial charge in [-0.1, -0.05) is 32.6 Å². The number of aliphatic hydroxyl groups is 1. The van der Waals surface area contributed by atoms with Crippen LogP contribution in [0, 0.1) is 11.8 Å². The zero-order valence-corrected chi connectivity index (χ0v) is 13.2. The maximum atomic E-state index is 9.34. The zero-order valence-electron chi connectivity index (χ0n) is 12.2. The van der Waals surface area contributed by atoms with Crippen molar-refractivity contribution in [1.29, 1.82) is 0 Å². The van der Waals surface area contributed by atoms with Crippen LogP contribution in [0.25, 0.3) is 0 Å². The maximum absolute atomic E-state index is 9.34. The maximum Gasteiger partial charge on any atom is 0.194 e. The lowest BCUT2D eigenvalue weighted by atomic mass is 10.1. The molecule has 1 atom stereocenters. The predicted octanol–water partition coefficient (Wildman–Crippen LogP) is 2.11. The average molecular weight is 257 g/mol. The van der Waals surface area contributed by atoms with Crippen LogP contribution in [-0.2, 0) is 4.43 Å². The Hall–Kier alpha value is -0.343. The van der Waals surface area contributed by atoms with E-state index >= 15 is 0 Å². The van der Waals surface area contributed by atoms with Crippen molar-refractivity contribution in [2.45, 2.75) is 64.5 Å². The molecule has 3 N–H and O–H groups in total. The van der Waals surface area contributed by atoms with Crippen molar-refractivity contribution < 1.29 is 9.53 Å². The van der Waals surface area contributed by atoms with Crippen LogP contribution in [-0.4, -0.2) is 31.7 Å². The first-order chi connectivity index (χ1) is 7.41. The number of hydrogen-bond donors (Lipinski definition) is 2. The minimum atomic E-state index is -1.84. The molecule has 0 aromatic heterocycles. The molecule has 17 heavy (non-hydrogen) atoms. The van der Waals surface area contributed by atoms with Gasteiger partial charge in [-0.15, -0.1) is 0 Å². The molecule has 4 heteroatoms. The molecule has 0 saturated carbocycles. The van der Waals surface area contributed by atoms with Crippen molar-refractivity contribution in [3.05, 3.63) is 0 Å². The van der Waals surface area contributed by atoms with Gasteiger partial charge < -0.3 is 15.3 Å². The SMILES string of the molecule is CC(C)(C#CC(O)CN)O[Si](C)(C)C(C)(C)C. The molecule has 0 aliphatic heterocycles. The van der Waals surface area contributed by atoms with Crippen LogP contribution in [0.1, 0.15) is 34.6 Å². The number of nitrogens with two attached hydrogens (primary N) is 1. The van der Waals surface area contributed by atoms with E-state index in [2.05, 4.69) is 45.7 Å². The van der Waals surface area contributed by atoms with Crippen LogP contribution in [0.15, 0.2) is 0 Å². The van der Waals surface area contributed by atoms with E-state index in [0.29, 0.717) is 0 Å². The molecular weight excluding hydrogens is 230 g/mol. The Morgan fingerprint density at radius 3 is 2.06 bits per heavy atom. The summed E-state index contributed by atoms with van der Waals surface area (Å²) in [5.74, 6) is 5.69. The van der Waals surface area contributed by atoms with Crippen LogP contribution >= 0.6 is 0 Å². The van der Waals surface area contributed by atoms with Crippen molar-refractivity contribution in [1.82, 2.24) is 0 Å². The molecule has 0 aromatic rings. The number of rotatable bonds is 3. The van der Waals surface area contributed by atoms with Crippen molar-refractivity contribution in [3.63, 3.8) is 0 Å². The third-order valence-electron chi connectivity index (χ3n) is 3.08. The normalized spacial score (nSPS) is 15.1. The van der Waals surface area contributed by atoms with Gasteiger partial charge in [-0.2, -0.15) is 0 Å². The lowest BCUT2D eigenvalue weighted by Gasteiger charge is -2.40. The average Bonchev–Trinajstić information content (AvgIpc) is 2.10. The third-order valence-corrected chi connectivity index (χ3v) is 7.71. The van der Waals surface area contributed by atoms with E-state index in [4.69, 9.17) is 10.2 Å². The Balaban J connectivity index is 4.80. The minimum Gasteiger partial charge on any atom is -0.401 e. The van der Waals surface area contributed by atoms with E-state index in [9.17, 15) is 5.11 Å². The Bertz CT molecular complexity index is 308. The first-order valence-corrected chi connectivity index (χ1v) is 8.93. The Labute approximate surface area is 107 Å². The summed E-state index contributed by atoms with van der Waals surface area (Å²) in [5, 5.41) is 9.49. The van der Waals surface area contributed by atoms with Gasteiger partial charge >= 0.3 is 0 Å². The molecule has 3 nitrogen and oxygen atoms in total. The minimum absolute atomic E-state index is 0.151. The molecule has 0 fully saturated rings. The highest BCUT2D eigenvalue weighted by Gasteiger charge is 2.40. The van der Waals surface area contributed by atoms with Gasteiger partial charge in [0.05, 0.1) is 0 Å². The molecule has 0 spiro atoms. The largest absolute Gasteiger partial charge is 0.401 e. The third kappa shape index (κ3) is 5.69. The Morgan fingerprint density at radius 2 is 1.71 bits per heavy atom. The van der Waals surface area contributed by atoms with Crippen LogP contribution in [0.2, 0.25) is 18.1 Å². The van der Waals surface area contributed by atoms with E-state index in [1.165, 1.54) is 0 Å². The topological polar surface area (TPSA) is 55.5 Å². The summed E-state index contributed by atoms with van der Waals surface area (Å²) in [5.41, 5.74) is 4.77. The first kappa shape index (κ1) is 16.7. The second-order valence-electron chi connectivity index (χ2n) is 6.39. The molecule has 0 aliphatic rings. The summed E-state index contributed by atoms with van der Waals surface area (Å²) in [6.45, 7) is 15.0. The molecule has 100 valence electrons. The van der Waals surface area contributed by atoms with Gasteiger partial charge in [0.2, 0.25) is 0 Å². The molecule has 0 heterocycles. The molecular formula is C13H27NO2Si. The molecule has 0 rings (SSSR count). The lowest BCUT2D eigenvalue weighted by molar-refractivity contribution is 0.150. The molecule has 0 aliphatic carbocycles. The summed E-state index contributed by atoms with van der Waals surface area (Å²) in [6, 6.07) is 0. The molecule has 0 radical (unpaired) electrons. The summed E-state index contributed by atoms with van der Waals surface area (Å²) in [7, 11) is -1.84. The van der Waals surface area contributed by atoms with E-state index in [1.54, 1.807) is 0 Å². The van der Waals surface area contributed by atoms with Crippen molar-refractivity contribution in [2.75, 3.05) is 6.54 Å². The van der Waals surface area contributed by atoms with Gasteiger partial charge in [0.15, 0.2) is 8.32 Å². The van der Waals surface area contributed by atoms with Crippen molar-refractivity contribution in [2.24, 2.45) is 5.73 Å². The molecule has 0 bridgehead atoms. The van der Waals surface area contributed by atoms with Crippen LogP contribution in [0.4, 0.5) is 0 Å². The number of hydrogen-bond acceptors (Lipinski definition) is 3. The van der Waals surface area contributed by atoms with Gasteiger partial charge in [0, 0.05) is 6.54 Å². The van der Waals surface area contributed by atoms with E-state index in [1.807, 2.05) is 13.8 Å². The van der Waals surface area contributed by atoms with Crippen molar-refractivity contribution >= 4 is 8.32 Å². The predicted molar refractivity (Wildman–Crippen MR) is 75.2 cm³/mol. The molecule has 0 amide bonds. The van der Waals surface area contributed by atoms with Gasteiger partial charge in [-0.05, 0) is 32.0 Å². The quantitative estimate of drug-likeness (QED) is 0.601. The van der Waals surface area contributed by atoms with Crippen LogP contribution < -0.4 is 5.73 Å². The summed E-state index contributed by atoms with van der Waals surface area (Å²) >= 11 is 0. The first-order valence-electron chi connectivity index (χ1n) is 6.02. The van der Waals surface area contributed by atoms with Crippen molar-refractivity contribution in [3.8, 4) is 11.8 Å². The Morgan fingerprint density at radius 1 is 1.24 bits per heavy atom. The second-order valence-corrected chi connectivity index (χ2v) is 11.1. The van der Waals surface area contributed by atoms with E-state index < -0.39 is 20.0 Å². The fourth-order valence-corrected chi connectivity index (χ4v) is 2.77. The standard InChI is InChI=1S/C13H27NO2Si/c1-12(2,3)17(6,7)16-13(4,5)9-8-11(15)10-14/h11,15H,10,14H2,1-7H3. The monoisotopic (exact) mass is 257 g/mol. The second kappa shape index (κ2) is 5.53. The molecule has 0 saturated heterocycles. The highest BCUT2D eigenvalue weighted by atomic mass is 28.4. The lowest BCUT2D eigenvalue weighted by Crippen LogP contribution is -2.47. The van der Waals surface area contributed by atoms with Crippen LogP contribution in [0.5, 0.6) is 0 Å².